The Balaban J connectivity index is 2.73. The number of esters is 2. The first kappa shape index (κ1) is 64.1. The second kappa shape index (κ2) is 38.7. The molecule has 0 aromatic carbocycles. The van der Waals surface area contributed by atoms with Crippen LogP contribution in [0.1, 0.15) is 142 Å². The van der Waals surface area contributed by atoms with E-state index in [1.165, 1.54) is 38.5 Å². The molecule has 0 radical (unpaired) electrons. The van der Waals surface area contributed by atoms with Crippen LogP contribution in [0.15, 0.2) is 85.1 Å². The van der Waals surface area contributed by atoms with Crippen molar-refractivity contribution in [3.05, 3.63) is 85.1 Å². The van der Waals surface area contributed by atoms with Crippen LogP contribution in [0.3, 0.4) is 0 Å². The third kappa shape index (κ3) is 32.7. The van der Waals surface area contributed by atoms with Crippen molar-refractivity contribution < 1.29 is 87.1 Å². The number of carbonyl (C=O) groups is 2. The summed E-state index contributed by atoms with van der Waals surface area (Å²) >= 11 is 0. The van der Waals surface area contributed by atoms with Gasteiger partial charge in [0, 0.05) is 12.8 Å². The summed E-state index contributed by atoms with van der Waals surface area (Å²) < 4.78 is 49.1. The van der Waals surface area contributed by atoms with Gasteiger partial charge in [0.25, 0.3) is 0 Å². The molecule has 9 N–H and O–H groups in total. The van der Waals surface area contributed by atoms with E-state index in [0.29, 0.717) is 25.7 Å². The molecule has 5 unspecified atom stereocenters. The highest BCUT2D eigenvalue weighted by Crippen LogP contribution is 2.49. The average Bonchev–Trinajstić information content (AvgIpc) is 3.30. The van der Waals surface area contributed by atoms with Crippen LogP contribution >= 0.6 is 15.6 Å². The zero-order valence-electron chi connectivity index (χ0n) is 40.4. The predicted octanol–water partition coefficient (Wildman–Crippen LogP) is 7.34. The summed E-state index contributed by atoms with van der Waals surface area (Å²) in [5, 5.41) is 62.0. The Morgan fingerprint density at radius 2 is 1.03 bits per heavy atom. The maximum Gasteiger partial charge on any atom is 0.472 e. The molecule has 20 heteroatoms. The lowest BCUT2D eigenvalue weighted by Crippen LogP contribution is -2.64. The van der Waals surface area contributed by atoms with Crippen molar-refractivity contribution in [1.82, 2.24) is 0 Å². The molecule has 1 fully saturated rings. The fraction of sp³-hybridized carbons (Fsp3) is 0.673. The Morgan fingerprint density at radius 3 is 1.59 bits per heavy atom. The average molecular weight is 1020 g/mol. The normalized spacial score (nSPS) is 22.8. The molecule has 0 aromatic heterocycles. The van der Waals surface area contributed by atoms with Crippen molar-refractivity contribution in [2.75, 3.05) is 13.2 Å². The Labute approximate surface area is 409 Å². The smallest absolute Gasteiger partial charge is 0.462 e. The van der Waals surface area contributed by atoms with Crippen LogP contribution in [-0.4, -0.2) is 125 Å². The number of hydrogen-bond donors (Lipinski definition) is 9. The van der Waals surface area contributed by atoms with E-state index in [0.717, 1.165) is 32.1 Å². The lowest BCUT2D eigenvalue weighted by Gasteiger charge is -2.43. The summed E-state index contributed by atoms with van der Waals surface area (Å²) in [7, 11) is -10.8. The largest absolute Gasteiger partial charge is 0.472 e. The second-order valence-electron chi connectivity index (χ2n) is 16.8. The summed E-state index contributed by atoms with van der Waals surface area (Å²) in [5.41, 5.74) is 0. The molecule has 0 saturated heterocycles. The molecular weight excluding hydrogens is 938 g/mol. The van der Waals surface area contributed by atoms with Gasteiger partial charge < -0.3 is 54.8 Å². The molecular formula is C49H82O18P2. The summed E-state index contributed by atoms with van der Waals surface area (Å²) in [6, 6.07) is 0. The van der Waals surface area contributed by atoms with Gasteiger partial charge in [-0.3, -0.25) is 23.2 Å². The van der Waals surface area contributed by atoms with E-state index in [1.807, 2.05) is 36.5 Å². The van der Waals surface area contributed by atoms with E-state index in [4.69, 9.17) is 18.5 Å². The van der Waals surface area contributed by atoms with Crippen molar-refractivity contribution in [3.63, 3.8) is 0 Å². The maximum atomic E-state index is 13.0. The number of rotatable bonds is 39. The Bertz CT molecular complexity index is 1690. The lowest BCUT2D eigenvalue weighted by atomic mass is 9.85. The topological polar surface area (TPSA) is 296 Å². The van der Waals surface area contributed by atoms with Crippen LogP contribution in [0.5, 0.6) is 0 Å². The molecule has 0 aromatic rings. The van der Waals surface area contributed by atoms with Crippen LogP contribution in [0.25, 0.3) is 0 Å². The van der Waals surface area contributed by atoms with Gasteiger partial charge in [-0.25, -0.2) is 9.13 Å². The fourth-order valence-corrected chi connectivity index (χ4v) is 8.31. The van der Waals surface area contributed by atoms with Crippen molar-refractivity contribution in [3.8, 4) is 0 Å². The molecule has 0 bridgehead atoms. The number of hydrogen-bond acceptors (Lipinski definition) is 15. The van der Waals surface area contributed by atoms with Gasteiger partial charge in [-0.1, -0.05) is 131 Å². The van der Waals surface area contributed by atoms with E-state index in [9.17, 15) is 64.0 Å². The van der Waals surface area contributed by atoms with Crippen molar-refractivity contribution in [2.45, 2.75) is 197 Å². The van der Waals surface area contributed by atoms with Gasteiger partial charge in [0.15, 0.2) is 6.10 Å². The van der Waals surface area contributed by atoms with Gasteiger partial charge in [0.1, 0.15) is 43.2 Å². The van der Waals surface area contributed by atoms with Crippen LogP contribution in [0.4, 0.5) is 0 Å². The lowest BCUT2D eigenvalue weighted by molar-refractivity contribution is -0.216. The minimum Gasteiger partial charge on any atom is -0.462 e. The van der Waals surface area contributed by atoms with Gasteiger partial charge in [-0.05, 0) is 83.5 Å². The van der Waals surface area contributed by atoms with Gasteiger partial charge in [-0.2, -0.15) is 0 Å². The quantitative estimate of drug-likeness (QED) is 0.0126. The molecule has 1 aliphatic rings. The standard InChI is InChI=1S/C49H82O18P2/c1-3-5-7-9-11-13-15-17-18-19-20-21-23-25-27-29-31-35-43(53)65-39(38-64-69(61,62)67-49-46(56)44(54)45(55)48(47(49)57)66-68(58,59)60)37-63-42(52)36-32-34-41(51)40(50)33-30-28-26-24-22-16-14-12-10-8-6-4-2/h6,8,12,14,17-18,20-22,24-25,27-28,30,39-41,44-51,54-57H,3-5,7,9-11,13,15-16,19,23,26,29,31-38H2,1-2H3,(H,61,62)(H2,58,59,60)/b8-6-,14-12-,18-17-,21-20-,24-22-,27-25-,30-28-/t39-,40+,41+,44?,45?,46?,47?,48-,49+/m1/s1. The van der Waals surface area contributed by atoms with E-state index >= 15 is 0 Å². The summed E-state index contributed by atoms with van der Waals surface area (Å²) in [5.74, 6) is -1.56. The number of phosphoric acid groups is 2. The molecule has 1 aliphatic carbocycles. The minimum atomic E-state index is -5.40. The van der Waals surface area contributed by atoms with E-state index in [1.54, 1.807) is 6.08 Å². The molecule has 1 rings (SSSR count). The number of ether oxygens (including phenoxy) is 2. The molecule has 0 amide bonds. The SMILES string of the molecule is CC/C=C\C/C=C\C/C=C\C/C=C\C[C@H](O)[C@@H](O)CCCC(=O)OC[C@H](COP(=O)(O)O[C@H]1C(O)C(O)C(O)[C@@H](OP(=O)(O)O)C1O)OC(=O)CCC/C=C\C/C=C\C/C=C\CCCCCCCC. The minimum absolute atomic E-state index is 0.0580. The highest BCUT2D eigenvalue weighted by Gasteiger charge is 2.54. The van der Waals surface area contributed by atoms with Gasteiger partial charge in [0.2, 0.25) is 0 Å². The third-order valence-corrected chi connectivity index (χ3v) is 12.2. The predicted molar refractivity (Wildman–Crippen MR) is 262 cm³/mol. The fourth-order valence-electron chi connectivity index (χ4n) is 6.78. The highest BCUT2D eigenvalue weighted by atomic mass is 31.2. The molecule has 0 spiro atoms. The number of carbonyl (C=O) groups excluding carboxylic acids is 2. The monoisotopic (exact) mass is 1020 g/mol. The van der Waals surface area contributed by atoms with Gasteiger partial charge in [0.05, 0.1) is 18.8 Å². The number of unbranched alkanes of at least 4 members (excludes halogenated alkanes) is 7. The van der Waals surface area contributed by atoms with E-state index < -0.39 is 95.7 Å². The van der Waals surface area contributed by atoms with E-state index in [2.05, 4.69) is 60.9 Å². The first-order valence-electron chi connectivity index (χ1n) is 24.3. The van der Waals surface area contributed by atoms with Crippen LogP contribution in [0.2, 0.25) is 0 Å². The Kier molecular flexibility index (Phi) is 36.0. The molecule has 1 saturated carbocycles. The molecule has 0 heterocycles. The summed E-state index contributed by atoms with van der Waals surface area (Å²) in [6.45, 7) is 2.69. The first-order chi connectivity index (χ1) is 32.9. The van der Waals surface area contributed by atoms with Crippen LogP contribution < -0.4 is 0 Å². The Hall–Kier alpha value is -2.90. The van der Waals surface area contributed by atoms with Crippen LogP contribution in [-0.2, 0) is 41.8 Å². The highest BCUT2D eigenvalue weighted by molar-refractivity contribution is 7.47. The number of phosphoric ester groups is 2. The van der Waals surface area contributed by atoms with Crippen molar-refractivity contribution in [1.29, 1.82) is 0 Å². The number of aliphatic hydroxyl groups is 6. The van der Waals surface area contributed by atoms with Crippen molar-refractivity contribution >= 4 is 27.6 Å². The summed E-state index contributed by atoms with van der Waals surface area (Å²) in [6.07, 6.45) is 25.6. The zero-order valence-corrected chi connectivity index (χ0v) is 42.2. The first-order valence-corrected chi connectivity index (χ1v) is 27.3. The maximum absolute atomic E-state index is 13.0. The third-order valence-electron chi connectivity index (χ3n) is 10.7. The van der Waals surface area contributed by atoms with Crippen molar-refractivity contribution in [2.24, 2.45) is 0 Å². The van der Waals surface area contributed by atoms with Crippen LogP contribution in [0, 0.1) is 0 Å². The second-order valence-corrected chi connectivity index (χ2v) is 19.3. The van der Waals surface area contributed by atoms with Gasteiger partial charge in [-0.15, -0.1) is 0 Å². The Morgan fingerprint density at radius 1 is 0.536 bits per heavy atom. The molecule has 10 atom stereocenters. The van der Waals surface area contributed by atoms with E-state index in [-0.39, 0.29) is 32.1 Å². The number of aliphatic hydroxyl groups excluding tert-OH is 6. The molecule has 69 heavy (non-hydrogen) atoms. The molecule has 18 nitrogen and oxygen atoms in total. The summed E-state index contributed by atoms with van der Waals surface area (Å²) in [4.78, 5) is 54.3. The molecule has 396 valence electrons. The number of allylic oxidation sites excluding steroid dienone is 13. The molecule has 0 aliphatic heterocycles. The van der Waals surface area contributed by atoms with Gasteiger partial charge >= 0.3 is 27.6 Å². The zero-order chi connectivity index (χ0) is 51.3.